The molecular formula is C20H18BrN5O5. The summed E-state index contributed by atoms with van der Waals surface area (Å²) in [6.45, 7) is 1.63. The van der Waals surface area contributed by atoms with Gasteiger partial charge < -0.3 is 10.1 Å². The van der Waals surface area contributed by atoms with Crippen molar-refractivity contribution in [2.75, 3.05) is 7.11 Å². The topological polar surface area (TPSA) is 129 Å². The van der Waals surface area contributed by atoms with Crippen LogP contribution in [-0.2, 0) is 9.53 Å². The predicted molar refractivity (Wildman–Crippen MR) is 114 cm³/mol. The van der Waals surface area contributed by atoms with Crippen molar-refractivity contribution in [3.05, 3.63) is 80.1 Å². The Morgan fingerprint density at radius 1 is 1.26 bits per heavy atom. The van der Waals surface area contributed by atoms with Crippen LogP contribution >= 0.6 is 15.9 Å². The fraction of sp³-hybridized carbons (Fsp3) is 0.200. The molecule has 0 aliphatic carbocycles. The van der Waals surface area contributed by atoms with Crippen molar-refractivity contribution in [3.8, 4) is 5.69 Å². The van der Waals surface area contributed by atoms with E-state index in [0.29, 0.717) is 16.9 Å². The second-order valence-electron chi connectivity index (χ2n) is 6.57. The molecule has 1 aromatic heterocycles. The zero-order valence-corrected chi connectivity index (χ0v) is 18.2. The predicted octanol–water partition coefficient (Wildman–Crippen LogP) is 3.28. The number of carbonyl (C=O) groups excluding carboxylic acids is 2. The number of nitrogens with zero attached hydrogens (tertiary/aromatic N) is 4. The Morgan fingerprint density at radius 3 is 2.68 bits per heavy atom. The highest BCUT2D eigenvalue weighted by Crippen LogP contribution is 2.23. The zero-order chi connectivity index (χ0) is 22.5. The fourth-order valence-corrected chi connectivity index (χ4v) is 3.39. The second kappa shape index (κ2) is 9.47. The van der Waals surface area contributed by atoms with Crippen LogP contribution in [0, 0.1) is 17.0 Å². The highest BCUT2D eigenvalue weighted by molar-refractivity contribution is 9.10. The number of nitrogens with one attached hydrogen (secondary N) is 1. The van der Waals surface area contributed by atoms with E-state index in [1.54, 1.807) is 31.2 Å². The van der Waals surface area contributed by atoms with Crippen LogP contribution < -0.4 is 5.32 Å². The molecule has 0 radical (unpaired) electrons. The summed E-state index contributed by atoms with van der Waals surface area (Å²) in [5.74, 6) is -1.02. The van der Waals surface area contributed by atoms with Crippen LogP contribution in [0.4, 0.5) is 5.69 Å². The number of amides is 1. The third kappa shape index (κ3) is 5.12. The number of esters is 1. The number of methoxy groups -OCH3 is 1. The maximum atomic E-state index is 12.9. The summed E-state index contributed by atoms with van der Waals surface area (Å²) in [6, 6.07) is 12.4. The van der Waals surface area contributed by atoms with Crippen molar-refractivity contribution in [1.82, 2.24) is 20.3 Å². The van der Waals surface area contributed by atoms with Gasteiger partial charge >= 0.3 is 5.97 Å². The van der Waals surface area contributed by atoms with E-state index < -0.39 is 22.8 Å². The fourth-order valence-electron chi connectivity index (χ4n) is 2.97. The maximum Gasteiger partial charge on any atom is 0.307 e. The average Bonchev–Trinajstić information content (AvgIpc) is 3.14. The first kappa shape index (κ1) is 22.1. The van der Waals surface area contributed by atoms with Gasteiger partial charge in [-0.05, 0) is 30.7 Å². The van der Waals surface area contributed by atoms with Crippen LogP contribution in [0.2, 0.25) is 0 Å². The van der Waals surface area contributed by atoms with Gasteiger partial charge in [0.25, 0.3) is 11.6 Å². The highest BCUT2D eigenvalue weighted by Gasteiger charge is 2.24. The summed E-state index contributed by atoms with van der Waals surface area (Å²) < 4.78 is 6.88. The van der Waals surface area contributed by atoms with E-state index in [-0.39, 0.29) is 17.8 Å². The third-order valence-corrected chi connectivity index (χ3v) is 5.04. The maximum absolute atomic E-state index is 12.9. The van der Waals surface area contributed by atoms with Crippen LogP contribution in [0.5, 0.6) is 0 Å². The van der Waals surface area contributed by atoms with Crippen LogP contribution in [0.1, 0.15) is 34.2 Å². The summed E-state index contributed by atoms with van der Waals surface area (Å²) in [5.41, 5.74) is 1.43. The van der Waals surface area contributed by atoms with Crippen molar-refractivity contribution < 1.29 is 19.2 Å². The van der Waals surface area contributed by atoms with Crippen LogP contribution in [0.3, 0.4) is 0 Å². The van der Waals surface area contributed by atoms with E-state index in [0.717, 1.165) is 4.47 Å². The van der Waals surface area contributed by atoms with Gasteiger partial charge in [0.1, 0.15) is 0 Å². The molecule has 0 aliphatic rings. The minimum atomic E-state index is -0.653. The van der Waals surface area contributed by atoms with Gasteiger partial charge in [-0.2, -0.15) is 0 Å². The van der Waals surface area contributed by atoms with Crippen LogP contribution in [-0.4, -0.2) is 38.9 Å². The van der Waals surface area contributed by atoms with Crippen LogP contribution in [0.15, 0.2) is 53.0 Å². The Kier molecular flexibility index (Phi) is 6.75. The minimum absolute atomic E-state index is 0.0383. The van der Waals surface area contributed by atoms with E-state index in [2.05, 4.69) is 31.6 Å². The summed E-state index contributed by atoms with van der Waals surface area (Å²) in [4.78, 5) is 35.3. The van der Waals surface area contributed by atoms with Crippen molar-refractivity contribution in [2.45, 2.75) is 19.4 Å². The minimum Gasteiger partial charge on any atom is -0.469 e. The summed E-state index contributed by atoms with van der Waals surface area (Å²) in [7, 11) is 1.27. The number of ether oxygens (including phenoxy) is 1. The number of benzene rings is 2. The number of halogens is 1. The van der Waals surface area contributed by atoms with Crippen molar-refractivity contribution in [2.24, 2.45) is 0 Å². The lowest BCUT2D eigenvalue weighted by molar-refractivity contribution is -0.384. The van der Waals surface area contributed by atoms with Crippen molar-refractivity contribution in [3.63, 3.8) is 0 Å². The van der Waals surface area contributed by atoms with Gasteiger partial charge in [-0.3, -0.25) is 19.7 Å². The first-order chi connectivity index (χ1) is 14.8. The number of rotatable bonds is 7. The summed E-state index contributed by atoms with van der Waals surface area (Å²) >= 11 is 3.38. The van der Waals surface area contributed by atoms with Crippen molar-refractivity contribution >= 4 is 33.5 Å². The molecule has 0 saturated carbocycles. The molecule has 1 N–H and O–H groups in total. The molecule has 31 heavy (non-hydrogen) atoms. The summed E-state index contributed by atoms with van der Waals surface area (Å²) in [5, 5.41) is 21.7. The van der Waals surface area contributed by atoms with Gasteiger partial charge in [-0.1, -0.05) is 39.3 Å². The molecule has 1 amide bonds. The summed E-state index contributed by atoms with van der Waals surface area (Å²) in [6.07, 6.45) is -0.0727. The van der Waals surface area contributed by atoms with Gasteiger partial charge in [0.2, 0.25) is 0 Å². The van der Waals surface area contributed by atoms with Gasteiger partial charge in [-0.25, -0.2) is 4.68 Å². The van der Waals surface area contributed by atoms with E-state index >= 15 is 0 Å². The smallest absolute Gasteiger partial charge is 0.307 e. The lowest BCUT2D eigenvalue weighted by Crippen LogP contribution is -2.31. The quantitative estimate of drug-likeness (QED) is 0.307. The lowest BCUT2D eigenvalue weighted by Gasteiger charge is -2.18. The molecule has 0 spiro atoms. The van der Waals surface area contributed by atoms with Gasteiger partial charge in [0, 0.05) is 16.6 Å². The second-order valence-corrected chi connectivity index (χ2v) is 7.49. The number of aromatic nitrogens is 3. The molecule has 10 nitrogen and oxygen atoms in total. The molecule has 3 rings (SSSR count). The Balaban J connectivity index is 1.88. The van der Waals surface area contributed by atoms with E-state index in [4.69, 9.17) is 4.74 Å². The zero-order valence-electron chi connectivity index (χ0n) is 16.6. The largest absolute Gasteiger partial charge is 0.469 e. The molecule has 0 bridgehead atoms. The molecule has 2 aromatic carbocycles. The molecule has 1 unspecified atom stereocenters. The monoisotopic (exact) mass is 487 g/mol. The number of nitro benzene ring substituents is 1. The number of non-ortho nitro benzene ring substituents is 1. The molecule has 160 valence electrons. The van der Waals surface area contributed by atoms with E-state index in [1.165, 1.54) is 30.0 Å². The number of hydrogen-bond acceptors (Lipinski definition) is 7. The molecular weight excluding hydrogens is 470 g/mol. The molecule has 11 heteroatoms. The standard InChI is InChI=1S/C20H18BrN5O5/c1-12-19(23-24-25(12)15-7-4-8-16(10-15)26(29)30)20(28)22-17(11-18(27)31-2)13-5-3-6-14(21)9-13/h3-10,17H,11H2,1-2H3,(H,22,28). The molecule has 1 heterocycles. The average molecular weight is 488 g/mol. The molecule has 3 aromatic rings. The molecule has 1 atom stereocenters. The first-order valence-electron chi connectivity index (χ1n) is 9.10. The third-order valence-electron chi connectivity index (χ3n) is 4.55. The molecule has 0 saturated heterocycles. The molecule has 0 fully saturated rings. The van der Waals surface area contributed by atoms with Gasteiger partial charge in [-0.15, -0.1) is 5.10 Å². The molecule has 0 aliphatic heterocycles. The van der Waals surface area contributed by atoms with Crippen molar-refractivity contribution in [1.29, 1.82) is 0 Å². The number of nitro groups is 1. The Bertz CT molecular complexity index is 1150. The van der Waals surface area contributed by atoms with Gasteiger partial charge in [0.15, 0.2) is 5.69 Å². The first-order valence-corrected chi connectivity index (χ1v) is 9.89. The Labute approximate surface area is 185 Å². The number of carbonyl (C=O) groups is 2. The Hall–Kier alpha value is -3.60. The Morgan fingerprint density at radius 2 is 2.00 bits per heavy atom. The van der Waals surface area contributed by atoms with E-state index in [9.17, 15) is 19.7 Å². The number of hydrogen-bond donors (Lipinski definition) is 1. The van der Waals surface area contributed by atoms with Crippen LogP contribution in [0.25, 0.3) is 5.69 Å². The van der Waals surface area contributed by atoms with Gasteiger partial charge in [0.05, 0.1) is 35.9 Å². The lowest BCUT2D eigenvalue weighted by atomic mass is 10.0. The van der Waals surface area contributed by atoms with E-state index in [1.807, 2.05) is 6.07 Å². The SMILES string of the molecule is COC(=O)CC(NC(=O)c1nnn(-c2cccc([N+](=O)[O-])c2)c1C)c1cccc(Br)c1. The normalized spacial score (nSPS) is 11.6. The highest BCUT2D eigenvalue weighted by atomic mass is 79.9.